The van der Waals surface area contributed by atoms with Gasteiger partial charge in [0.1, 0.15) is 5.75 Å². The van der Waals surface area contributed by atoms with Crippen LogP contribution in [0, 0.1) is 0 Å². The van der Waals surface area contributed by atoms with Crippen molar-refractivity contribution in [3.63, 3.8) is 0 Å². The van der Waals surface area contributed by atoms with Gasteiger partial charge in [0, 0.05) is 37.3 Å². The van der Waals surface area contributed by atoms with Crippen LogP contribution < -0.4 is 15.0 Å². The number of ether oxygens (including phenoxy) is 1. The predicted octanol–water partition coefficient (Wildman–Crippen LogP) is 5.06. The van der Waals surface area contributed by atoms with Crippen LogP contribution in [-0.4, -0.2) is 49.5 Å². The van der Waals surface area contributed by atoms with E-state index in [-0.39, 0.29) is 11.8 Å². The monoisotopic (exact) mass is 507 g/mol. The highest BCUT2D eigenvalue weighted by atomic mass is 79.9. The van der Waals surface area contributed by atoms with Gasteiger partial charge in [-0.25, -0.2) is 0 Å². The van der Waals surface area contributed by atoms with Gasteiger partial charge in [-0.2, -0.15) is 0 Å². The summed E-state index contributed by atoms with van der Waals surface area (Å²) in [7, 11) is 0. The quantitative estimate of drug-likeness (QED) is 0.506. The van der Waals surface area contributed by atoms with Crippen LogP contribution in [-0.2, 0) is 0 Å². The van der Waals surface area contributed by atoms with Crippen LogP contribution in [0.1, 0.15) is 27.6 Å². The van der Waals surface area contributed by atoms with Gasteiger partial charge in [-0.1, -0.05) is 30.3 Å². The van der Waals surface area contributed by atoms with Crippen molar-refractivity contribution < 1.29 is 14.3 Å². The molecule has 3 aromatic carbocycles. The summed E-state index contributed by atoms with van der Waals surface area (Å²) in [5, 5.41) is 3.04. The smallest absolute Gasteiger partial charge is 0.255 e. The molecular formula is C26H26BrN3O3. The second-order valence-electron chi connectivity index (χ2n) is 7.69. The van der Waals surface area contributed by atoms with E-state index in [2.05, 4.69) is 26.1 Å². The number of piperazine rings is 1. The summed E-state index contributed by atoms with van der Waals surface area (Å²) in [5.41, 5.74) is 2.94. The fourth-order valence-corrected chi connectivity index (χ4v) is 4.37. The van der Waals surface area contributed by atoms with Gasteiger partial charge in [-0.15, -0.1) is 0 Å². The van der Waals surface area contributed by atoms with Gasteiger partial charge in [-0.3, -0.25) is 9.59 Å². The zero-order chi connectivity index (χ0) is 23.2. The summed E-state index contributed by atoms with van der Waals surface area (Å²) in [6.45, 7) is 5.12. The SMILES string of the molecule is CCOc1ccc(C(=O)Nc2ccccc2N2CCN(C(=O)c3ccccc3)CC2)cc1Br. The van der Waals surface area contributed by atoms with E-state index in [1.165, 1.54) is 0 Å². The molecule has 0 bridgehead atoms. The van der Waals surface area contributed by atoms with Crippen LogP contribution in [0.3, 0.4) is 0 Å². The Morgan fingerprint density at radius 3 is 2.30 bits per heavy atom. The molecule has 1 N–H and O–H groups in total. The molecule has 1 saturated heterocycles. The highest BCUT2D eigenvalue weighted by molar-refractivity contribution is 9.10. The lowest BCUT2D eigenvalue weighted by atomic mass is 10.1. The third-order valence-electron chi connectivity index (χ3n) is 5.57. The maximum Gasteiger partial charge on any atom is 0.255 e. The lowest BCUT2D eigenvalue weighted by molar-refractivity contribution is 0.0746. The number of amides is 2. The molecule has 0 aromatic heterocycles. The Morgan fingerprint density at radius 2 is 1.61 bits per heavy atom. The summed E-state index contributed by atoms with van der Waals surface area (Å²) in [4.78, 5) is 29.8. The number of rotatable bonds is 6. The minimum atomic E-state index is -0.191. The van der Waals surface area contributed by atoms with Crippen molar-refractivity contribution in [2.75, 3.05) is 43.0 Å². The molecule has 0 saturated carbocycles. The number of nitrogens with zero attached hydrogens (tertiary/aromatic N) is 2. The van der Waals surface area contributed by atoms with Gasteiger partial charge in [0.05, 0.1) is 22.5 Å². The number of halogens is 1. The number of anilines is 2. The summed E-state index contributed by atoms with van der Waals surface area (Å²) >= 11 is 3.47. The second kappa shape index (κ2) is 10.5. The predicted molar refractivity (Wildman–Crippen MR) is 134 cm³/mol. The average Bonchev–Trinajstić information content (AvgIpc) is 2.86. The van der Waals surface area contributed by atoms with Crippen LogP contribution in [0.5, 0.6) is 5.75 Å². The summed E-state index contributed by atoms with van der Waals surface area (Å²) in [5.74, 6) is 0.569. The molecule has 1 fully saturated rings. The number of carbonyl (C=O) groups excluding carboxylic acids is 2. The van der Waals surface area contributed by atoms with E-state index < -0.39 is 0 Å². The van der Waals surface area contributed by atoms with E-state index in [0.717, 1.165) is 15.8 Å². The van der Waals surface area contributed by atoms with Crippen LogP contribution in [0.2, 0.25) is 0 Å². The van der Waals surface area contributed by atoms with E-state index in [0.29, 0.717) is 49.7 Å². The Kier molecular flexibility index (Phi) is 7.29. The van der Waals surface area contributed by atoms with Crippen molar-refractivity contribution in [3.05, 3.63) is 88.4 Å². The van der Waals surface area contributed by atoms with Gasteiger partial charge >= 0.3 is 0 Å². The third-order valence-corrected chi connectivity index (χ3v) is 6.19. The molecule has 0 radical (unpaired) electrons. The topological polar surface area (TPSA) is 61.9 Å². The summed E-state index contributed by atoms with van der Waals surface area (Å²) < 4.78 is 6.27. The summed E-state index contributed by atoms with van der Waals surface area (Å²) in [6, 6.07) is 22.4. The molecule has 1 heterocycles. The van der Waals surface area contributed by atoms with Crippen molar-refractivity contribution >= 4 is 39.1 Å². The highest BCUT2D eigenvalue weighted by Gasteiger charge is 2.24. The van der Waals surface area contributed by atoms with Crippen molar-refractivity contribution in [3.8, 4) is 5.75 Å². The Labute approximate surface area is 202 Å². The first-order valence-electron chi connectivity index (χ1n) is 11.0. The summed E-state index contributed by atoms with van der Waals surface area (Å²) in [6.07, 6.45) is 0. The molecule has 7 heteroatoms. The van der Waals surface area contributed by atoms with Gasteiger partial charge in [0.15, 0.2) is 0 Å². The van der Waals surface area contributed by atoms with E-state index >= 15 is 0 Å². The molecule has 1 aliphatic heterocycles. The Balaban J connectivity index is 1.43. The number of para-hydroxylation sites is 2. The van der Waals surface area contributed by atoms with Crippen LogP contribution >= 0.6 is 15.9 Å². The fraction of sp³-hybridized carbons (Fsp3) is 0.231. The number of hydrogen-bond acceptors (Lipinski definition) is 4. The molecule has 0 unspecified atom stereocenters. The van der Waals surface area contributed by atoms with Gasteiger partial charge in [0.25, 0.3) is 11.8 Å². The lowest BCUT2D eigenvalue weighted by Gasteiger charge is -2.37. The van der Waals surface area contributed by atoms with Gasteiger partial charge in [-0.05, 0) is 65.3 Å². The zero-order valence-electron chi connectivity index (χ0n) is 18.5. The van der Waals surface area contributed by atoms with E-state index in [1.54, 1.807) is 18.2 Å². The number of benzene rings is 3. The normalized spacial score (nSPS) is 13.5. The first kappa shape index (κ1) is 22.9. The van der Waals surface area contributed by atoms with Crippen molar-refractivity contribution in [2.45, 2.75) is 6.92 Å². The molecule has 0 aliphatic carbocycles. The average molecular weight is 508 g/mol. The molecule has 2 amide bonds. The van der Waals surface area contributed by atoms with Crippen molar-refractivity contribution in [2.24, 2.45) is 0 Å². The van der Waals surface area contributed by atoms with E-state index in [1.807, 2.05) is 66.4 Å². The molecule has 170 valence electrons. The van der Waals surface area contributed by atoms with Gasteiger partial charge < -0.3 is 19.9 Å². The molecule has 4 rings (SSSR count). The maximum atomic E-state index is 12.9. The van der Waals surface area contributed by atoms with Crippen LogP contribution in [0.15, 0.2) is 77.3 Å². The van der Waals surface area contributed by atoms with Crippen molar-refractivity contribution in [1.82, 2.24) is 4.90 Å². The van der Waals surface area contributed by atoms with E-state index in [4.69, 9.17) is 4.74 Å². The molecule has 0 atom stereocenters. The zero-order valence-corrected chi connectivity index (χ0v) is 20.0. The molecule has 0 spiro atoms. The largest absolute Gasteiger partial charge is 0.493 e. The number of nitrogens with one attached hydrogen (secondary N) is 1. The second-order valence-corrected chi connectivity index (χ2v) is 8.55. The first-order valence-corrected chi connectivity index (χ1v) is 11.8. The van der Waals surface area contributed by atoms with E-state index in [9.17, 15) is 9.59 Å². The molecule has 6 nitrogen and oxygen atoms in total. The lowest BCUT2D eigenvalue weighted by Crippen LogP contribution is -2.49. The highest BCUT2D eigenvalue weighted by Crippen LogP contribution is 2.29. The number of hydrogen-bond donors (Lipinski definition) is 1. The van der Waals surface area contributed by atoms with Gasteiger partial charge in [0.2, 0.25) is 0 Å². The minimum Gasteiger partial charge on any atom is -0.493 e. The standard InChI is InChI=1S/C26H26BrN3O3/c1-2-33-24-13-12-20(18-21(24)27)25(31)28-22-10-6-7-11-23(22)29-14-16-30(17-15-29)26(32)19-8-4-3-5-9-19/h3-13,18H,2,14-17H2,1H3,(H,28,31). The van der Waals surface area contributed by atoms with Crippen LogP contribution in [0.25, 0.3) is 0 Å². The Hall–Kier alpha value is -3.32. The minimum absolute atomic E-state index is 0.0536. The fourth-order valence-electron chi connectivity index (χ4n) is 3.88. The number of carbonyl (C=O) groups is 2. The van der Waals surface area contributed by atoms with Crippen LogP contribution in [0.4, 0.5) is 11.4 Å². The maximum absolute atomic E-state index is 12.9. The molecular weight excluding hydrogens is 482 g/mol. The first-order chi connectivity index (χ1) is 16.1. The molecule has 3 aromatic rings. The Bertz CT molecular complexity index is 1130. The third kappa shape index (κ3) is 5.37. The van der Waals surface area contributed by atoms with Crippen molar-refractivity contribution in [1.29, 1.82) is 0 Å². The molecule has 1 aliphatic rings. The Morgan fingerprint density at radius 1 is 0.909 bits per heavy atom. The molecule has 33 heavy (non-hydrogen) atoms.